The molecule has 1 aromatic heterocycles. The Morgan fingerprint density at radius 2 is 1.74 bits per heavy atom. The molecule has 4 nitrogen and oxygen atoms in total. The summed E-state index contributed by atoms with van der Waals surface area (Å²) in [5.41, 5.74) is 2.14. The van der Waals surface area contributed by atoms with E-state index in [1.807, 2.05) is 19.1 Å². The van der Waals surface area contributed by atoms with Gasteiger partial charge in [0.15, 0.2) is 0 Å². The van der Waals surface area contributed by atoms with Crippen LogP contribution in [-0.2, 0) is 10.2 Å². The second kappa shape index (κ2) is 6.54. The number of hydrogen-bond acceptors (Lipinski definition) is 4. The molecule has 0 saturated carbocycles. The average Bonchev–Trinajstić information content (AvgIpc) is 2.86. The molecule has 23 heavy (non-hydrogen) atoms. The van der Waals surface area contributed by atoms with Crippen molar-refractivity contribution in [3.63, 3.8) is 0 Å². The highest BCUT2D eigenvalue weighted by molar-refractivity contribution is 7.16. The van der Waals surface area contributed by atoms with Crippen LogP contribution < -0.4 is 5.32 Å². The number of esters is 1. The first-order valence-electron chi connectivity index (χ1n) is 7.33. The molecule has 0 aliphatic carbocycles. The number of carbonyl (C=O) groups is 2. The normalized spacial score (nSPS) is 11.2. The van der Waals surface area contributed by atoms with Crippen molar-refractivity contribution in [2.24, 2.45) is 0 Å². The van der Waals surface area contributed by atoms with Gasteiger partial charge in [0.25, 0.3) is 5.91 Å². The molecule has 122 valence electrons. The Hall–Kier alpha value is -2.14. The summed E-state index contributed by atoms with van der Waals surface area (Å²) in [5.74, 6) is -0.690. The molecule has 0 bridgehead atoms. The maximum atomic E-state index is 12.4. The minimum Gasteiger partial charge on any atom is -0.465 e. The van der Waals surface area contributed by atoms with Crippen LogP contribution in [0.4, 0.5) is 5.00 Å². The van der Waals surface area contributed by atoms with E-state index in [2.05, 4.69) is 26.1 Å². The summed E-state index contributed by atoms with van der Waals surface area (Å²) in [6.45, 7) is 8.25. The van der Waals surface area contributed by atoms with E-state index in [1.54, 1.807) is 18.2 Å². The lowest BCUT2D eigenvalue weighted by Crippen LogP contribution is -2.15. The number of carbonyl (C=O) groups excluding carboxylic acids is 2. The van der Waals surface area contributed by atoms with Crippen molar-refractivity contribution in [1.82, 2.24) is 0 Å². The molecule has 0 spiro atoms. The molecular weight excluding hydrogens is 310 g/mol. The van der Waals surface area contributed by atoms with E-state index >= 15 is 0 Å². The molecular formula is C18H21NO3S. The summed E-state index contributed by atoms with van der Waals surface area (Å²) in [6.07, 6.45) is 0. The van der Waals surface area contributed by atoms with E-state index in [1.165, 1.54) is 18.4 Å². The van der Waals surface area contributed by atoms with Crippen molar-refractivity contribution in [2.75, 3.05) is 12.4 Å². The zero-order chi connectivity index (χ0) is 17.2. The van der Waals surface area contributed by atoms with Crippen molar-refractivity contribution in [2.45, 2.75) is 33.1 Å². The van der Waals surface area contributed by atoms with Gasteiger partial charge in [-0.3, -0.25) is 4.79 Å². The number of rotatable bonds is 3. The highest BCUT2D eigenvalue weighted by atomic mass is 32.1. The monoisotopic (exact) mass is 331 g/mol. The van der Waals surface area contributed by atoms with Crippen LogP contribution in [0.15, 0.2) is 30.3 Å². The van der Waals surface area contributed by atoms with Crippen LogP contribution >= 0.6 is 11.3 Å². The molecule has 1 amide bonds. The second-order valence-electron chi connectivity index (χ2n) is 6.37. The minimum absolute atomic E-state index is 0.0396. The summed E-state index contributed by atoms with van der Waals surface area (Å²) in [6, 6.07) is 9.23. The molecule has 2 aromatic rings. The fourth-order valence-corrected chi connectivity index (χ4v) is 3.06. The van der Waals surface area contributed by atoms with Gasteiger partial charge in [-0.25, -0.2) is 4.79 Å². The summed E-state index contributed by atoms with van der Waals surface area (Å²) in [7, 11) is 1.33. The molecule has 0 fully saturated rings. The van der Waals surface area contributed by atoms with Gasteiger partial charge >= 0.3 is 5.97 Å². The van der Waals surface area contributed by atoms with Crippen LogP contribution in [-0.4, -0.2) is 19.0 Å². The zero-order valence-corrected chi connectivity index (χ0v) is 14.8. The maximum absolute atomic E-state index is 12.4. The third-order valence-corrected chi connectivity index (χ3v) is 4.47. The molecule has 0 saturated heterocycles. The van der Waals surface area contributed by atoms with Crippen LogP contribution in [0.5, 0.6) is 0 Å². The fourth-order valence-electron chi connectivity index (χ4n) is 2.17. The lowest BCUT2D eigenvalue weighted by Gasteiger charge is -2.19. The molecule has 0 aliphatic rings. The number of ether oxygens (including phenoxy) is 1. The number of nitrogens with one attached hydrogen (secondary N) is 1. The Morgan fingerprint density at radius 3 is 2.26 bits per heavy atom. The molecule has 2 rings (SSSR count). The lowest BCUT2D eigenvalue weighted by molar-refractivity contribution is 0.0602. The Kier molecular flexibility index (Phi) is 4.90. The maximum Gasteiger partial charge on any atom is 0.340 e. The van der Waals surface area contributed by atoms with E-state index in [-0.39, 0.29) is 11.3 Å². The number of methoxy groups -OCH3 is 1. The number of benzene rings is 1. The zero-order valence-electron chi connectivity index (χ0n) is 14.0. The molecule has 0 atom stereocenters. The molecule has 1 heterocycles. The summed E-state index contributed by atoms with van der Waals surface area (Å²) >= 11 is 1.36. The first kappa shape index (κ1) is 17.2. The SMILES string of the molecule is COC(=O)c1cc(C)sc1NC(=O)c1ccc(C(C)(C)C)cc1. The van der Waals surface area contributed by atoms with Crippen LogP contribution in [0, 0.1) is 6.92 Å². The largest absolute Gasteiger partial charge is 0.465 e. The molecule has 1 aromatic carbocycles. The third-order valence-electron chi connectivity index (χ3n) is 3.50. The number of anilines is 1. The van der Waals surface area contributed by atoms with Gasteiger partial charge in [0.1, 0.15) is 5.00 Å². The standard InChI is InChI=1S/C18H21NO3S/c1-11-10-14(17(21)22-5)16(23-11)19-15(20)12-6-8-13(9-7-12)18(2,3)4/h6-10H,1-5H3,(H,19,20). The number of aryl methyl sites for hydroxylation is 1. The van der Waals surface area contributed by atoms with Crippen molar-refractivity contribution in [3.8, 4) is 0 Å². The number of thiophene rings is 1. The van der Waals surface area contributed by atoms with Crippen molar-refractivity contribution in [1.29, 1.82) is 0 Å². The van der Waals surface area contributed by atoms with E-state index in [4.69, 9.17) is 4.74 Å². The van der Waals surface area contributed by atoms with Gasteiger partial charge in [0.05, 0.1) is 12.7 Å². The van der Waals surface area contributed by atoms with Gasteiger partial charge in [-0.2, -0.15) is 0 Å². The summed E-state index contributed by atoms with van der Waals surface area (Å²) in [4.78, 5) is 25.1. The van der Waals surface area contributed by atoms with Crippen molar-refractivity contribution >= 4 is 28.2 Å². The Balaban J connectivity index is 2.21. The van der Waals surface area contributed by atoms with Gasteiger partial charge in [0, 0.05) is 10.4 Å². The average molecular weight is 331 g/mol. The van der Waals surface area contributed by atoms with Gasteiger partial charge < -0.3 is 10.1 Å². The van der Waals surface area contributed by atoms with Gasteiger partial charge in [-0.1, -0.05) is 32.9 Å². The second-order valence-corrected chi connectivity index (χ2v) is 7.63. The van der Waals surface area contributed by atoms with E-state index < -0.39 is 5.97 Å². The molecule has 0 radical (unpaired) electrons. The highest BCUT2D eigenvalue weighted by Crippen LogP contribution is 2.29. The first-order chi connectivity index (χ1) is 10.7. The van der Waals surface area contributed by atoms with Gasteiger partial charge in [-0.15, -0.1) is 11.3 Å². The Morgan fingerprint density at radius 1 is 1.13 bits per heavy atom. The first-order valence-corrected chi connectivity index (χ1v) is 8.14. The van der Waals surface area contributed by atoms with Crippen molar-refractivity contribution in [3.05, 3.63) is 51.9 Å². The lowest BCUT2D eigenvalue weighted by atomic mass is 9.87. The van der Waals surface area contributed by atoms with Crippen LogP contribution in [0.3, 0.4) is 0 Å². The molecule has 5 heteroatoms. The molecule has 1 N–H and O–H groups in total. The fraction of sp³-hybridized carbons (Fsp3) is 0.333. The van der Waals surface area contributed by atoms with E-state index in [0.29, 0.717) is 16.1 Å². The van der Waals surface area contributed by atoms with Crippen LogP contribution in [0.25, 0.3) is 0 Å². The minimum atomic E-state index is -0.451. The van der Waals surface area contributed by atoms with E-state index in [0.717, 1.165) is 10.4 Å². The van der Waals surface area contributed by atoms with Gasteiger partial charge in [-0.05, 0) is 36.1 Å². The summed E-state index contributed by atoms with van der Waals surface area (Å²) in [5, 5.41) is 3.31. The predicted molar refractivity (Wildman–Crippen MR) is 93.5 cm³/mol. The van der Waals surface area contributed by atoms with E-state index in [9.17, 15) is 9.59 Å². The highest BCUT2D eigenvalue weighted by Gasteiger charge is 2.19. The van der Waals surface area contributed by atoms with Crippen molar-refractivity contribution < 1.29 is 14.3 Å². The van der Waals surface area contributed by atoms with Crippen LogP contribution in [0.1, 0.15) is 51.9 Å². The quantitative estimate of drug-likeness (QED) is 0.849. The van der Waals surface area contributed by atoms with Gasteiger partial charge in [0.2, 0.25) is 0 Å². The molecule has 0 unspecified atom stereocenters. The molecule has 0 aliphatic heterocycles. The summed E-state index contributed by atoms with van der Waals surface area (Å²) < 4.78 is 4.75. The topological polar surface area (TPSA) is 55.4 Å². The third kappa shape index (κ3) is 3.99. The Labute approximate surface area is 140 Å². The smallest absolute Gasteiger partial charge is 0.340 e. The number of amides is 1. The van der Waals surface area contributed by atoms with Crippen LogP contribution in [0.2, 0.25) is 0 Å². The Bertz CT molecular complexity index is 724. The number of hydrogen-bond donors (Lipinski definition) is 1. The predicted octanol–water partition coefficient (Wildman–Crippen LogP) is 4.39.